The number of urea groups is 1. The first kappa shape index (κ1) is 11.6. The van der Waals surface area contributed by atoms with Gasteiger partial charge in [0, 0.05) is 6.54 Å². The third-order valence-electron chi connectivity index (χ3n) is 2.05. The number of halogens is 3. The number of carbonyl (C=O) groups is 2. The number of nitrogens with one attached hydrogen (secondary N) is 1. The zero-order valence-corrected chi connectivity index (χ0v) is 7.67. The van der Waals surface area contributed by atoms with Crippen LogP contribution < -0.4 is 11.1 Å². The second-order valence-corrected chi connectivity index (χ2v) is 3.17. The van der Waals surface area contributed by atoms with Crippen molar-refractivity contribution in [2.75, 3.05) is 13.1 Å². The van der Waals surface area contributed by atoms with Crippen LogP contribution in [0.5, 0.6) is 0 Å². The van der Waals surface area contributed by atoms with Crippen molar-refractivity contribution >= 4 is 11.9 Å². The highest BCUT2D eigenvalue weighted by molar-refractivity contribution is 5.87. The summed E-state index contributed by atoms with van der Waals surface area (Å²) in [7, 11) is 0. The van der Waals surface area contributed by atoms with Gasteiger partial charge in [-0.3, -0.25) is 4.79 Å². The van der Waals surface area contributed by atoms with Gasteiger partial charge in [-0.25, -0.2) is 4.79 Å². The zero-order chi connectivity index (χ0) is 11.6. The molecule has 0 aromatic heterocycles. The minimum atomic E-state index is -4.46. The second-order valence-electron chi connectivity index (χ2n) is 3.17. The Morgan fingerprint density at radius 2 is 2.07 bits per heavy atom. The number of primary amides is 1. The molecule has 1 unspecified atom stereocenters. The summed E-state index contributed by atoms with van der Waals surface area (Å²) in [5, 5.41) is 1.66. The normalized spacial score (nSPS) is 20.7. The molecule has 1 atom stereocenters. The maximum Gasteiger partial charge on any atom is 0.405 e. The van der Waals surface area contributed by atoms with E-state index in [1.165, 1.54) is 0 Å². The number of rotatable bonds is 2. The lowest BCUT2D eigenvalue weighted by Gasteiger charge is -2.38. The minimum Gasteiger partial charge on any atom is -0.368 e. The molecule has 5 nitrogen and oxygen atoms in total. The first-order chi connectivity index (χ1) is 6.81. The highest BCUT2D eigenvalue weighted by Crippen LogP contribution is 2.17. The van der Waals surface area contributed by atoms with Gasteiger partial charge in [-0.15, -0.1) is 0 Å². The molecule has 1 aliphatic rings. The van der Waals surface area contributed by atoms with Gasteiger partial charge in [0.05, 0.1) is 0 Å². The Bertz CT molecular complexity index is 279. The van der Waals surface area contributed by atoms with Crippen molar-refractivity contribution in [1.82, 2.24) is 10.2 Å². The Morgan fingerprint density at radius 3 is 2.40 bits per heavy atom. The Hall–Kier alpha value is -1.47. The van der Waals surface area contributed by atoms with Gasteiger partial charge in [0.25, 0.3) is 0 Å². The van der Waals surface area contributed by atoms with Gasteiger partial charge >= 0.3 is 12.2 Å². The summed E-state index contributed by atoms with van der Waals surface area (Å²) in [5.74, 6) is -0.705. The van der Waals surface area contributed by atoms with Crippen molar-refractivity contribution < 1.29 is 22.8 Å². The summed E-state index contributed by atoms with van der Waals surface area (Å²) >= 11 is 0. The lowest BCUT2D eigenvalue weighted by molar-refractivity contribution is -0.126. The molecule has 1 saturated heterocycles. The van der Waals surface area contributed by atoms with Gasteiger partial charge in [-0.1, -0.05) is 0 Å². The maximum absolute atomic E-state index is 11.7. The Labute approximate surface area is 83.4 Å². The third-order valence-corrected chi connectivity index (χ3v) is 2.05. The molecule has 0 aliphatic carbocycles. The van der Waals surface area contributed by atoms with Crippen LogP contribution in [0.15, 0.2) is 0 Å². The second kappa shape index (κ2) is 3.95. The third kappa shape index (κ3) is 3.00. The standard InChI is InChI=1S/C7H10F3N3O2/c8-7(9,10)3-12-6(15)13-2-1-4(13)5(11)14/h4H,1-3H2,(H2,11,14)(H,12,15). The molecule has 0 spiro atoms. The van der Waals surface area contributed by atoms with Crippen molar-refractivity contribution in [1.29, 1.82) is 0 Å². The molecule has 3 N–H and O–H groups in total. The van der Waals surface area contributed by atoms with Crippen LogP contribution in [0.1, 0.15) is 6.42 Å². The predicted octanol–water partition coefficient (Wildman–Crippen LogP) is -0.182. The van der Waals surface area contributed by atoms with E-state index < -0.39 is 30.7 Å². The lowest BCUT2D eigenvalue weighted by Crippen LogP contribution is -2.60. The van der Waals surface area contributed by atoms with E-state index in [1.807, 2.05) is 0 Å². The van der Waals surface area contributed by atoms with E-state index in [0.717, 1.165) is 4.90 Å². The summed E-state index contributed by atoms with van der Waals surface area (Å²) in [4.78, 5) is 22.8. The molecule has 1 aliphatic heterocycles. The SMILES string of the molecule is NC(=O)C1CCN1C(=O)NCC(F)(F)F. The number of carbonyl (C=O) groups excluding carboxylic acids is 2. The summed E-state index contributed by atoms with van der Waals surface area (Å²) in [6.45, 7) is -1.16. The van der Waals surface area contributed by atoms with Gasteiger partial charge in [0.2, 0.25) is 5.91 Å². The average molecular weight is 225 g/mol. The molecule has 1 rings (SSSR count). The fraction of sp³-hybridized carbons (Fsp3) is 0.714. The van der Waals surface area contributed by atoms with E-state index in [4.69, 9.17) is 5.73 Å². The summed E-state index contributed by atoms with van der Waals surface area (Å²) in [5.41, 5.74) is 4.93. The van der Waals surface area contributed by atoms with Gasteiger partial charge < -0.3 is 16.0 Å². The molecule has 0 radical (unpaired) electrons. The van der Waals surface area contributed by atoms with E-state index in [2.05, 4.69) is 0 Å². The molecule has 0 saturated carbocycles. The summed E-state index contributed by atoms with van der Waals surface area (Å²) < 4.78 is 35.2. The van der Waals surface area contributed by atoms with Gasteiger partial charge in [-0.2, -0.15) is 13.2 Å². The number of nitrogens with zero attached hydrogens (tertiary/aromatic N) is 1. The maximum atomic E-state index is 11.7. The molecule has 0 aromatic carbocycles. The average Bonchev–Trinajstić information content (AvgIpc) is 1.96. The first-order valence-electron chi connectivity index (χ1n) is 4.22. The fourth-order valence-corrected chi connectivity index (χ4v) is 1.20. The molecule has 0 bridgehead atoms. The van der Waals surface area contributed by atoms with E-state index in [-0.39, 0.29) is 6.54 Å². The quantitative estimate of drug-likeness (QED) is 0.683. The number of likely N-dealkylation sites (tertiary alicyclic amines) is 1. The van der Waals surface area contributed by atoms with Gasteiger partial charge in [0.15, 0.2) is 0 Å². The van der Waals surface area contributed by atoms with Crippen LogP contribution in [-0.4, -0.2) is 42.1 Å². The molecule has 1 fully saturated rings. The van der Waals surface area contributed by atoms with Crippen molar-refractivity contribution in [3.05, 3.63) is 0 Å². The Kier molecular flexibility index (Phi) is 3.06. The van der Waals surface area contributed by atoms with Crippen molar-refractivity contribution in [3.8, 4) is 0 Å². The molecule has 0 aromatic rings. The number of nitrogens with two attached hydrogens (primary N) is 1. The Morgan fingerprint density at radius 1 is 1.47 bits per heavy atom. The molecule has 8 heteroatoms. The monoisotopic (exact) mass is 225 g/mol. The van der Waals surface area contributed by atoms with E-state index in [9.17, 15) is 22.8 Å². The predicted molar refractivity (Wildman–Crippen MR) is 43.8 cm³/mol. The van der Waals surface area contributed by atoms with Crippen LogP contribution in [-0.2, 0) is 4.79 Å². The molecule has 15 heavy (non-hydrogen) atoms. The van der Waals surface area contributed by atoms with Crippen molar-refractivity contribution in [2.45, 2.75) is 18.6 Å². The molecule has 86 valence electrons. The Balaban J connectivity index is 2.39. The molecule has 1 heterocycles. The van der Waals surface area contributed by atoms with Crippen LogP contribution in [0.2, 0.25) is 0 Å². The fourth-order valence-electron chi connectivity index (χ4n) is 1.20. The first-order valence-corrected chi connectivity index (χ1v) is 4.22. The topological polar surface area (TPSA) is 75.4 Å². The molecular formula is C7H10F3N3O2. The largest absolute Gasteiger partial charge is 0.405 e. The minimum absolute atomic E-state index is 0.247. The highest BCUT2D eigenvalue weighted by Gasteiger charge is 2.37. The van der Waals surface area contributed by atoms with Crippen LogP contribution in [0.25, 0.3) is 0 Å². The van der Waals surface area contributed by atoms with E-state index in [0.29, 0.717) is 6.42 Å². The van der Waals surface area contributed by atoms with Crippen LogP contribution >= 0.6 is 0 Å². The van der Waals surface area contributed by atoms with Gasteiger partial charge in [-0.05, 0) is 6.42 Å². The van der Waals surface area contributed by atoms with Crippen molar-refractivity contribution in [3.63, 3.8) is 0 Å². The number of alkyl halides is 3. The van der Waals surface area contributed by atoms with Gasteiger partial charge in [0.1, 0.15) is 12.6 Å². The zero-order valence-electron chi connectivity index (χ0n) is 7.67. The number of hydrogen-bond donors (Lipinski definition) is 2. The lowest BCUT2D eigenvalue weighted by atomic mass is 10.0. The van der Waals surface area contributed by atoms with E-state index in [1.54, 1.807) is 5.32 Å². The summed E-state index contributed by atoms with van der Waals surface area (Å²) in [6, 6.07) is -1.69. The van der Waals surface area contributed by atoms with Crippen LogP contribution in [0, 0.1) is 0 Å². The summed E-state index contributed by atoms with van der Waals surface area (Å²) in [6.07, 6.45) is -4.06. The van der Waals surface area contributed by atoms with E-state index >= 15 is 0 Å². The van der Waals surface area contributed by atoms with Crippen molar-refractivity contribution in [2.24, 2.45) is 5.73 Å². The smallest absolute Gasteiger partial charge is 0.368 e. The van der Waals surface area contributed by atoms with Crippen LogP contribution in [0.4, 0.5) is 18.0 Å². The number of hydrogen-bond acceptors (Lipinski definition) is 2. The van der Waals surface area contributed by atoms with Crippen LogP contribution in [0.3, 0.4) is 0 Å². The molecular weight excluding hydrogens is 215 g/mol. The highest BCUT2D eigenvalue weighted by atomic mass is 19.4. The molecule has 3 amide bonds. The number of amides is 3.